The summed E-state index contributed by atoms with van der Waals surface area (Å²) in [4.78, 5) is 24.4. The number of aromatic hydroxyl groups is 1. The fraction of sp³-hybridized carbons (Fsp3) is 0.300. The van der Waals surface area contributed by atoms with Gasteiger partial charge in [-0.3, -0.25) is 4.79 Å². The molecule has 4 N–H and O–H groups in total. The number of phenolic OH excluding ortho intramolecular Hbond substituents is 1. The molecule has 2 aromatic carbocycles. The van der Waals surface area contributed by atoms with Crippen molar-refractivity contribution in [2.24, 2.45) is 0 Å². The van der Waals surface area contributed by atoms with Gasteiger partial charge in [-0.1, -0.05) is 0 Å². The largest absolute Gasteiger partial charge is 0.507 e. The molecule has 1 atom stereocenters. The Kier molecular flexibility index (Phi) is 5.39. The Bertz CT molecular complexity index is 909. The van der Waals surface area contributed by atoms with Crippen molar-refractivity contribution < 1.29 is 28.9 Å². The van der Waals surface area contributed by atoms with Crippen LogP contribution in [-0.2, 0) is 4.74 Å². The lowest BCUT2D eigenvalue weighted by Gasteiger charge is -2.12. The van der Waals surface area contributed by atoms with Crippen molar-refractivity contribution in [2.45, 2.75) is 18.9 Å². The monoisotopic (exact) mass is 399 g/mol. The Labute approximate surface area is 167 Å². The molecule has 2 aromatic rings. The molecular formula is C20H21N3O6. The van der Waals surface area contributed by atoms with Crippen molar-refractivity contribution in [1.29, 1.82) is 0 Å². The first-order valence-corrected chi connectivity index (χ1v) is 9.29. The zero-order chi connectivity index (χ0) is 20.2. The van der Waals surface area contributed by atoms with Crippen LogP contribution in [0.3, 0.4) is 0 Å². The highest BCUT2D eigenvalue weighted by Crippen LogP contribution is 2.37. The summed E-state index contributed by atoms with van der Waals surface area (Å²) in [6, 6.07) is 9.10. The number of urea groups is 1. The van der Waals surface area contributed by atoms with Gasteiger partial charge in [-0.25, -0.2) is 4.79 Å². The summed E-state index contributed by atoms with van der Waals surface area (Å²) in [5.74, 6) is 0.109. The van der Waals surface area contributed by atoms with E-state index in [0.717, 1.165) is 19.4 Å². The molecule has 2 aliphatic heterocycles. The molecule has 0 unspecified atom stereocenters. The van der Waals surface area contributed by atoms with Crippen LogP contribution < -0.4 is 25.4 Å². The van der Waals surface area contributed by atoms with Crippen molar-refractivity contribution in [3.05, 3.63) is 42.0 Å². The first-order chi connectivity index (χ1) is 14.1. The third-order valence-corrected chi connectivity index (χ3v) is 4.65. The minimum absolute atomic E-state index is 0.0512. The molecule has 9 heteroatoms. The van der Waals surface area contributed by atoms with Crippen molar-refractivity contribution in [1.82, 2.24) is 5.32 Å². The lowest BCUT2D eigenvalue weighted by molar-refractivity contribution is 0.102. The molecule has 4 rings (SSSR count). The number of benzene rings is 2. The Morgan fingerprint density at radius 1 is 1.03 bits per heavy atom. The fourth-order valence-electron chi connectivity index (χ4n) is 3.14. The number of nitrogens with one attached hydrogen (secondary N) is 3. The number of phenols is 1. The average molecular weight is 399 g/mol. The lowest BCUT2D eigenvalue weighted by Crippen LogP contribution is -2.35. The zero-order valence-corrected chi connectivity index (χ0v) is 15.6. The van der Waals surface area contributed by atoms with Gasteiger partial charge in [0.05, 0.1) is 11.7 Å². The minimum atomic E-state index is -0.490. The number of hydrogen-bond donors (Lipinski definition) is 4. The van der Waals surface area contributed by atoms with E-state index in [1.165, 1.54) is 12.1 Å². The van der Waals surface area contributed by atoms with E-state index in [2.05, 4.69) is 16.0 Å². The van der Waals surface area contributed by atoms with Crippen molar-refractivity contribution in [3.8, 4) is 17.2 Å². The second kappa shape index (κ2) is 8.27. The number of anilines is 2. The molecule has 3 amide bonds. The van der Waals surface area contributed by atoms with Crippen LogP contribution in [0.25, 0.3) is 0 Å². The molecule has 0 aliphatic carbocycles. The summed E-state index contributed by atoms with van der Waals surface area (Å²) < 4.78 is 15.9. The molecule has 0 radical (unpaired) electrons. The summed E-state index contributed by atoms with van der Waals surface area (Å²) in [5, 5.41) is 18.2. The van der Waals surface area contributed by atoms with Crippen molar-refractivity contribution in [3.63, 3.8) is 0 Å². The first-order valence-electron chi connectivity index (χ1n) is 9.29. The molecule has 9 nitrogen and oxygen atoms in total. The van der Waals surface area contributed by atoms with Crippen LogP contribution in [0.2, 0.25) is 0 Å². The fourth-order valence-corrected chi connectivity index (χ4v) is 3.14. The van der Waals surface area contributed by atoms with Crippen molar-refractivity contribution in [2.75, 3.05) is 30.6 Å². The summed E-state index contributed by atoms with van der Waals surface area (Å²) in [6.45, 7) is 1.26. The van der Waals surface area contributed by atoms with Crippen LogP contribution in [0.1, 0.15) is 23.2 Å². The number of rotatable bonds is 5. The molecule has 2 heterocycles. The maximum absolute atomic E-state index is 12.4. The Hall–Kier alpha value is -3.46. The van der Waals surface area contributed by atoms with E-state index < -0.39 is 5.91 Å². The van der Waals surface area contributed by atoms with Crippen LogP contribution in [0.15, 0.2) is 36.4 Å². The molecule has 0 saturated carbocycles. The van der Waals surface area contributed by atoms with Gasteiger partial charge < -0.3 is 35.3 Å². The highest BCUT2D eigenvalue weighted by Gasteiger charge is 2.21. The molecule has 0 aromatic heterocycles. The van der Waals surface area contributed by atoms with E-state index >= 15 is 0 Å². The molecular weight excluding hydrogens is 378 g/mol. The number of carbonyl (C=O) groups excluding carboxylic acids is 2. The summed E-state index contributed by atoms with van der Waals surface area (Å²) >= 11 is 0. The van der Waals surface area contributed by atoms with Gasteiger partial charge in [0, 0.05) is 36.7 Å². The molecule has 0 spiro atoms. The molecule has 0 bridgehead atoms. The maximum Gasteiger partial charge on any atom is 0.319 e. The van der Waals surface area contributed by atoms with Crippen LogP contribution >= 0.6 is 0 Å². The molecule has 152 valence electrons. The van der Waals surface area contributed by atoms with E-state index in [-0.39, 0.29) is 30.2 Å². The van der Waals surface area contributed by atoms with E-state index in [1.807, 2.05) is 0 Å². The van der Waals surface area contributed by atoms with Gasteiger partial charge >= 0.3 is 6.03 Å². The zero-order valence-electron chi connectivity index (χ0n) is 15.6. The quantitative estimate of drug-likeness (QED) is 0.614. The number of carbonyl (C=O) groups is 2. The highest BCUT2D eigenvalue weighted by atomic mass is 16.7. The van der Waals surface area contributed by atoms with Crippen LogP contribution in [-0.4, -0.2) is 43.1 Å². The van der Waals surface area contributed by atoms with Crippen LogP contribution in [0, 0.1) is 0 Å². The van der Waals surface area contributed by atoms with Gasteiger partial charge in [-0.2, -0.15) is 0 Å². The normalized spacial score (nSPS) is 17.0. The van der Waals surface area contributed by atoms with Gasteiger partial charge in [0.1, 0.15) is 5.75 Å². The van der Waals surface area contributed by atoms with Crippen LogP contribution in [0.5, 0.6) is 17.2 Å². The lowest BCUT2D eigenvalue weighted by atomic mass is 10.1. The molecule has 1 saturated heterocycles. The molecule has 1 fully saturated rings. The average Bonchev–Trinajstić information content (AvgIpc) is 3.38. The number of fused-ring (bicyclic) bond motifs is 1. The highest BCUT2D eigenvalue weighted by molar-refractivity contribution is 6.06. The minimum Gasteiger partial charge on any atom is -0.507 e. The van der Waals surface area contributed by atoms with E-state index in [0.29, 0.717) is 29.4 Å². The second-order valence-electron chi connectivity index (χ2n) is 6.72. The second-order valence-corrected chi connectivity index (χ2v) is 6.72. The van der Waals surface area contributed by atoms with Gasteiger partial charge in [-0.15, -0.1) is 0 Å². The summed E-state index contributed by atoms with van der Waals surface area (Å²) in [6.07, 6.45) is 2.05. The van der Waals surface area contributed by atoms with E-state index in [9.17, 15) is 14.7 Å². The summed E-state index contributed by atoms with van der Waals surface area (Å²) in [5.41, 5.74) is 1.17. The third kappa shape index (κ3) is 4.52. The standard InChI is InChI=1S/C20H21N3O6/c24-16-9-18-17(28-11-29-18)8-15(16)19(25)22-12-3-5-13(6-4-12)23-20(26)21-10-14-2-1-7-27-14/h3-6,8-9,14,24H,1-2,7,10-11H2,(H,22,25)(H2,21,23,26)/t14-/m1/s1. The van der Waals surface area contributed by atoms with Crippen LogP contribution in [0.4, 0.5) is 16.2 Å². The van der Waals surface area contributed by atoms with E-state index in [4.69, 9.17) is 14.2 Å². The van der Waals surface area contributed by atoms with Gasteiger partial charge in [0.2, 0.25) is 6.79 Å². The Morgan fingerprint density at radius 2 is 1.72 bits per heavy atom. The number of hydrogen-bond acceptors (Lipinski definition) is 6. The predicted molar refractivity (Wildman–Crippen MR) is 105 cm³/mol. The molecule has 29 heavy (non-hydrogen) atoms. The summed E-state index contributed by atoms with van der Waals surface area (Å²) in [7, 11) is 0. The number of ether oxygens (including phenoxy) is 3. The SMILES string of the molecule is O=C(NC[C@H]1CCCO1)Nc1ccc(NC(=O)c2cc3c(cc2O)OCO3)cc1. The molecule has 2 aliphatic rings. The number of amides is 3. The van der Waals surface area contributed by atoms with Gasteiger partial charge in [-0.05, 0) is 37.1 Å². The maximum atomic E-state index is 12.4. The first kappa shape index (κ1) is 18.9. The predicted octanol–water partition coefficient (Wildman–Crippen LogP) is 2.67. The smallest absolute Gasteiger partial charge is 0.319 e. The Balaban J connectivity index is 1.32. The van der Waals surface area contributed by atoms with Gasteiger partial charge in [0.15, 0.2) is 11.5 Å². The van der Waals surface area contributed by atoms with E-state index in [1.54, 1.807) is 24.3 Å². The third-order valence-electron chi connectivity index (χ3n) is 4.65. The van der Waals surface area contributed by atoms with Crippen molar-refractivity contribution >= 4 is 23.3 Å². The van der Waals surface area contributed by atoms with Gasteiger partial charge in [0.25, 0.3) is 5.91 Å². The Morgan fingerprint density at radius 3 is 2.41 bits per heavy atom. The topological polar surface area (TPSA) is 118 Å².